The second kappa shape index (κ2) is 9.69. The van der Waals surface area contributed by atoms with Crippen molar-refractivity contribution in [3.05, 3.63) is 18.2 Å². The maximum absolute atomic E-state index is 12.6. The summed E-state index contributed by atoms with van der Waals surface area (Å²) in [6, 6.07) is 4.82. The number of anilines is 1. The van der Waals surface area contributed by atoms with Crippen LogP contribution in [0.2, 0.25) is 0 Å². The Morgan fingerprint density at radius 3 is 2.47 bits per heavy atom. The fourth-order valence-corrected chi connectivity index (χ4v) is 3.89. The maximum atomic E-state index is 12.6. The molecule has 0 aromatic heterocycles. The highest BCUT2D eigenvalue weighted by atomic mass is 16.5. The van der Waals surface area contributed by atoms with E-state index in [0.29, 0.717) is 56.3 Å². The van der Waals surface area contributed by atoms with E-state index < -0.39 is 0 Å². The van der Waals surface area contributed by atoms with Gasteiger partial charge in [-0.25, -0.2) is 4.79 Å². The van der Waals surface area contributed by atoms with E-state index in [9.17, 15) is 14.4 Å². The van der Waals surface area contributed by atoms with Crippen LogP contribution in [0.25, 0.3) is 0 Å². The van der Waals surface area contributed by atoms with E-state index in [0.717, 1.165) is 0 Å². The van der Waals surface area contributed by atoms with Crippen LogP contribution in [0.5, 0.6) is 11.5 Å². The molecule has 2 heterocycles. The van der Waals surface area contributed by atoms with Crippen LogP contribution in [-0.2, 0) is 14.3 Å². The van der Waals surface area contributed by atoms with Gasteiger partial charge in [-0.2, -0.15) is 0 Å². The van der Waals surface area contributed by atoms with E-state index in [-0.39, 0.29) is 36.3 Å². The number of benzene rings is 1. The predicted octanol–water partition coefficient (Wildman–Crippen LogP) is 1.79. The fourth-order valence-electron chi connectivity index (χ4n) is 3.89. The second-order valence-electron chi connectivity index (χ2n) is 7.41. The number of piperidine rings is 1. The largest absolute Gasteiger partial charge is 0.493 e. The standard InChI is InChI=1S/C21H29N3O6/c1-4-30-20(26)14-7-9-23(10-8-14)21(27)22-15-11-19(25)24(13-15)16-5-6-17(28-2)18(12-16)29-3/h5-6,12,14-15H,4,7-11,13H2,1-3H3,(H,22,27)/t15-/m0/s1. The van der Waals surface area contributed by atoms with Gasteiger partial charge in [-0.3, -0.25) is 9.59 Å². The molecule has 3 amide bonds. The van der Waals surface area contributed by atoms with Gasteiger partial charge >= 0.3 is 12.0 Å². The van der Waals surface area contributed by atoms with E-state index in [4.69, 9.17) is 14.2 Å². The van der Waals surface area contributed by atoms with Gasteiger partial charge < -0.3 is 29.3 Å². The first kappa shape index (κ1) is 21.7. The Morgan fingerprint density at radius 1 is 1.13 bits per heavy atom. The van der Waals surface area contributed by atoms with Crippen molar-refractivity contribution in [1.29, 1.82) is 0 Å². The van der Waals surface area contributed by atoms with Crippen molar-refractivity contribution in [2.24, 2.45) is 5.92 Å². The van der Waals surface area contributed by atoms with Crippen molar-refractivity contribution < 1.29 is 28.6 Å². The number of likely N-dealkylation sites (tertiary alicyclic amines) is 1. The topological polar surface area (TPSA) is 97.4 Å². The zero-order valence-corrected chi connectivity index (χ0v) is 17.7. The number of carbonyl (C=O) groups excluding carboxylic acids is 3. The van der Waals surface area contributed by atoms with Crippen molar-refractivity contribution in [1.82, 2.24) is 10.2 Å². The number of hydrogen-bond acceptors (Lipinski definition) is 6. The Hall–Kier alpha value is -2.97. The number of hydrogen-bond donors (Lipinski definition) is 1. The minimum absolute atomic E-state index is 0.0615. The van der Waals surface area contributed by atoms with Crippen LogP contribution in [0, 0.1) is 5.92 Å². The number of nitrogens with zero attached hydrogens (tertiary/aromatic N) is 2. The zero-order valence-electron chi connectivity index (χ0n) is 17.7. The normalized spacial score (nSPS) is 19.6. The molecule has 0 aliphatic carbocycles. The smallest absolute Gasteiger partial charge is 0.317 e. The second-order valence-corrected chi connectivity index (χ2v) is 7.41. The van der Waals surface area contributed by atoms with Crippen LogP contribution in [0.1, 0.15) is 26.2 Å². The molecular formula is C21H29N3O6. The number of rotatable bonds is 6. The molecule has 2 aliphatic heterocycles. The Kier molecular flexibility index (Phi) is 7.02. The average molecular weight is 419 g/mol. The van der Waals surface area contributed by atoms with Gasteiger partial charge in [0.05, 0.1) is 32.8 Å². The first-order valence-electron chi connectivity index (χ1n) is 10.2. The fraction of sp³-hybridized carbons (Fsp3) is 0.571. The summed E-state index contributed by atoms with van der Waals surface area (Å²) in [5.41, 5.74) is 0.699. The predicted molar refractivity (Wildman–Crippen MR) is 110 cm³/mol. The molecule has 30 heavy (non-hydrogen) atoms. The number of carbonyl (C=O) groups is 3. The van der Waals surface area contributed by atoms with Crippen molar-refractivity contribution in [3.8, 4) is 11.5 Å². The molecule has 2 saturated heterocycles. The van der Waals surface area contributed by atoms with Crippen LogP contribution >= 0.6 is 0 Å². The van der Waals surface area contributed by atoms with Crippen LogP contribution in [0.15, 0.2) is 18.2 Å². The molecule has 9 nitrogen and oxygen atoms in total. The van der Waals surface area contributed by atoms with E-state index in [1.54, 1.807) is 49.1 Å². The lowest BCUT2D eigenvalue weighted by Crippen LogP contribution is -2.49. The van der Waals surface area contributed by atoms with Crippen molar-refractivity contribution in [3.63, 3.8) is 0 Å². The molecule has 0 bridgehead atoms. The van der Waals surface area contributed by atoms with Crippen molar-refractivity contribution in [2.75, 3.05) is 45.4 Å². The molecule has 3 rings (SSSR count). The first-order valence-corrected chi connectivity index (χ1v) is 10.2. The Morgan fingerprint density at radius 2 is 1.83 bits per heavy atom. The lowest BCUT2D eigenvalue weighted by atomic mass is 9.97. The molecule has 164 valence electrons. The third-order valence-electron chi connectivity index (χ3n) is 5.53. The molecule has 0 spiro atoms. The van der Waals surface area contributed by atoms with Crippen LogP contribution < -0.4 is 19.7 Å². The number of amides is 3. The minimum Gasteiger partial charge on any atom is -0.493 e. The summed E-state index contributed by atoms with van der Waals surface area (Å²) < 4.78 is 15.6. The van der Waals surface area contributed by atoms with E-state index in [1.165, 1.54) is 0 Å². The molecule has 0 saturated carbocycles. The highest BCUT2D eigenvalue weighted by Gasteiger charge is 2.34. The zero-order chi connectivity index (χ0) is 21.7. The number of urea groups is 1. The van der Waals surface area contributed by atoms with Crippen LogP contribution in [-0.4, -0.2) is 69.3 Å². The summed E-state index contributed by atoms with van der Waals surface area (Å²) in [7, 11) is 3.10. The quantitative estimate of drug-likeness (QED) is 0.706. The first-order chi connectivity index (χ1) is 14.5. The minimum atomic E-state index is -0.277. The number of esters is 1. The average Bonchev–Trinajstić information content (AvgIpc) is 3.13. The van der Waals surface area contributed by atoms with Crippen LogP contribution in [0.4, 0.5) is 10.5 Å². The van der Waals surface area contributed by atoms with Crippen molar-refractivity contribution >= 4 is 23.6 Å². The third-order valence-corrected chi connectivity index (χ3v) is 5.53. The van der Waals surface area contributed by atoms with Gasteiger partial charge in [-0.05, 0) is 31.9 Å². The lowest BCUT2D eigenvalue weighted by Gasteiger charge is -2.31. The molecule has 2 aliphatic rings. The molecular weight excluding hydrogens is 390 g/mol. The lowest BCUT2D eigenvalue weighted by molar-refractivity contribution is -0.149. The van der Waals surface area contributed by atoms with Crippen LogP contribution in [0.3, 0.4) is 0 Å². The number of methoxy groups -OCH3 is 2. The van der Waals surface area contributed by atoms with Gasteiger partial charge in [-0.15, -0.1) is 0 Å². The molecule has 1 aromatic rings. The highest BCUT2D eigenvalue weighted by Crippen LogP contribution is 2.33. The number of ether oxygens (including phenoxy) is 3. The van der Waals surface area contributed by atoms with Gasteiger partial charge in [0.15, 0.2) is 11.5 Å². The van der Waals surface area contributed by atoms with E-state index in [2.05, 4.69) is 5.32 Å². The Labute approximate surface area is 176 Å². The molecule has 0 radical (unpaired) electrons. The third kappa shape index (κ3) is 4.77. The van der Waals surface area contributed by atoms with Gasteiger partial charge in [0.1, 0.15) is 0 Å². The van der Waals surface area contributed by atoms with Gasteiger partial charge in [0.25, 0.3) is 0 Å². The molecule has 1 aromatic carbocycles. The van der Waals surface area contributed by atoms with Gasteiger partial charge in [-0.1, -0.05) is 0 Å². The van der Waals surface area contributed by atoms with E-state index >= 15 is 0 Å². The SMILES string of the molecule is CCOC(=O)C1CCN(C(=O)N[C@H]2CC(=O)N(c3ccc(OC)c(OC)c3)C2)CC1. The molecule has 1 N–H and O–H groups in total. The summed E-state index contributed by atoms with van der Waals surface area (Å²) in [5.74, 6) is 0.726. The summed E-state index contributed by atoms with van der Waals surface area (Å²) in [6.07, 6.45) is 1.42. The Bertz CT molecular complexity index is 791. The van der Waals surface area contributed by atoms with E-state index in [1.807, 2.05) is 0 Å². The summed E-state index contributed by atoms with van der Waals surface area (Å²) >= 11 is 0. The Balaban J connectivity index is 1.55. The summed E-state index contributed by atoms with van der Waals surface area (Å²) in [4.78, 5) is 40.3. The molecule has 9 heteroatoms. The molecule has 0 unspecified atom stereocenters. The number of nitrogens with one attached hydrogen (secondary N) is 1. The monoisotopic (exact) mass is 419 g/mol. The van der Waals surface area contributed by atoms with Gasteiger partial charge in [0.2, 0.25) is 5.91 Å². The summed E-state index contributed by atoms with van der Waals surface area (Å²) in [5, 5.41) is 2.95. The van der Waals surface area contributed by atoms with Crippen molar-refractivity contribution in [2.45, 2.75) is 32.2 Å². The molecule has 2 fully saturated rings. The molecule has 1 atom stereocenters. The summed E-state index contributed by atoms with van der Waals surface area (Å²) in [6.45, 7) is 3.53. The highest BCUT2D eigenvalue weighted by molar-refractivity contribution is 5.97. The maximum Gasteiger partial charge on any atom is 0.317 e. The van der Waals surface area contributed by atoms with Gasteiger partial charge in [0, 0.05) is 37.8 Å².